The molecule has 4 heterocycles. The first-order valence-electron chi connectivity index (χ1n) is 13.1. The van der Waals surface area contributed by atoms with Gasteiger partial charge in [-0.05, 0) is 50.6 Å². The van der Waals surface area contributed by atoms with Crippen molar-refractivity contribution in [3.63, 3.8) is 0 Å². The molecule has 1 N–H and O–H groups in total. The fourth-order valence-electron chi connectivity index (χ4n) is 5.68. The Morgan fingerprint density at radius 1 is 1.10 bits per heavy atom. The van der Waals surface area contributed by atoms with Crippen molar-refractivity contribution >= 4 is 46.4 Å². The lowest BCUT2D eigenvalue weighted by molar-refractivity contribution is -0.119. The number of halogens is 3. The van der Waals surface area contributed by atoms with Gasteiger partial charge >= 0.3 is 6.01 Å². The Morgan fingerprint density at radius 2 is 1.83 bits per heavy atom. The summed E-state index contributed by atoms with van der Waals surface area (Å²) in [6.45, 7) is 4.75. The first kappa shape index (κ1) is 27.9. The van der Waals surface area contributed by atoms with Crippen LogP contribution in [0, 0.1) is 6.92 Å². The zero-order valence-electron chi connectivity index (χ0n) is 23.0. The van der Waals surface area contributed by atoms with Crippen LogP contribution in [0.5, 0.6) is 11.9 Å². The normalized spacial score (nSPS) is 17.2. The van der Waals surface area contributed by atoms with Crippen LogP contribution in [-0.4, -0.2) is 51.7 Å². The van der Waals surface area contributed by atoms with Gasteiger partial charge in [-0.15, -0.1) is 0 Å². The molecule has 0 unspecified atom stereocenters. The molecule has 2 aliphatic heterocycles. The molecule has 10 nitrogen and oxygen atoms in total. The van der Waals surface area contributed by atoms with E-state index in [-0.39, 0.29) is 30.2 Å². The number of fused-ring (bicyclic) bond motifs is 4. The predicted molar refractivity (Wildman–Crippen MR) is 156 cm³/mol. The number of rotatable bonds is 7. The van der Waals surface area contributed by atoms with Gasteiger partial charge < -0.3 is 19.4 Å². The molecule has 0 aliphatic carbocycles. The van der Waals surface area contributed by atoms with Crippen LogP contribution in [0.4, 0.5) is 15.8 Å². The SMILES string of the molecule is COc1nc(OCCF)ncc1-c1nc2c(n1C(C)C)[C@@]1(C(=O)Nc3cc(Cl)ccc31)N(c1cc(Cl)ccc1C)C2=O. The summed E-state index contributed by atoms with van der Waals surface area (Å²) in [5, 5.41) is 3.77. The quantitative estimate of drug-likeness (QED) is 0.283. The van der Waals surface area contributed by atoms with E-state index in [1.165, 1.54) is 18.2 Å². The second kappa shape index (κ2) is 10.2. The fraction of sp³-hybridized carbons (Fsp3) is 0.276. The lowest BCUT2D eigenvalue weighted by Crippen LogP contribution is -2.51. The number of hydrogen-bond donors (Lipinski definition) is 1. The number of benzene rings is 2. The molecule has 2 aliphatic rings. The maximum Gasteiger partial charge on any atom is 0.319 e. The fourth-order valence-corrected chi connectivity index (χ4v) is 6.02. The molecule has 0 fully saturated rings. The Labute approximate surface area is 250 Å². The number of anilines is 2. The smallest absolute Gasteiger partial charge is 0.319 e. The number of carbonyl (C=O) groups excluding carboxylic acids is 2. The second-order valence-electron chi connectivity index (χ2n) is 10.1. The number of hydrogen-bond acceptors (Lipinski definition) is 7. The Kier molecular flexibility index (Phi) is 6.81. The topological polar surface area (TPSA) is 111 Å². The van der Waals surface area contributed by atoms with Crippen LogP contribution in [0.3, 0.4) is 0 Å². The zero-order valence-corrected chi connectivity index (χ0v) is 24.5. The Balaban J connectivity index is 1.67. The average Bonchev–Trinajstić information content (AvgIpc) is 3.57. The second-order valence-corrected chi connectivity index (χ2v) is 11.0. The van der Waals surface area contributed by atoms with Gasteiger partial charge in [0.1, 0.15) is 19.1 Å². The summed E-state index contributed by atoms with van der Waals surface area (Å²) >= 11 is 12.7. The molecule has 4 aromatic rings. The Hall–Kier alpha value is -4.22. The molecule has 0 bridgehead atoms. The number of ether oxygens (including phenoxy) is 2. The third-order valence-corrected chi connectivity index (χ3v) is 7.82. The lowest BCUT2D eigenvalue weighted by atomic mass is 9.86. The van der Waals surface area contributed by atoms with Gasteiger partial charge in [-0.1, -0.05) is 35.3 Å². The number of methoxy groups -OCH3 is 1. The minimum Gasteiger partial charge on any atom is -0.480 e. The van der Waals surface area contributed by atoms with Crippen LogP contribution < -0.4 is 19.7 Å². The molecule has 0 saturated heterocycles. The van der Waals surface area contributed by atoms with Crippen LogP contribution in [0.25, 0.3) is 11.4 Å². The number of nitrogens with one attached hydrogen (secondary N) is 1. The summed E-state index contributed by atoms with van der Waals surface area (Å²) in [7, 11) is 1.42. The van der Waals surface area contributed by atoms with E-state index in [1.54, 1.807) is 36.4 Å². The summed E-state index contributed by atoms with van der Waals surface area (Å²) in [4.78, 5) is 43.5. The number of amides is 2. The molecular formula is C29H25Cl2FN6O4. The molecule has 6 rings (SSSR count). The van der Waals surface area contributed by atoms with Crippen LogP contribution in [0.1, 0.15) is 47.2 Å². The number of nitrogens with zero attached hydrogens (tertiary/aromatic N) is 5. The van der Waals surface area contributed by atoms with E-state index >= 15 is 0 Å². The highest BCUT2D eigenvalue weighted by atomic mass is 35.5. The molecule has 1 spiro atoms. The van der Waals surface area contributed by atoms with Crippen LogP contribution in [0.15, 0.2) is 42.6 Å². The molecule has 2 amide bonds. The van der Waals surface area contributed by atoms with E-state index in [4.69, 9.17) is 37.7 Å². The maximum absolute atomic E-state index is 14.5. The third kappa shape index (κ3) is 3.94. The van der Waals surface area contributed by atoms with Gasteiger partial charge in [0.25, 0.3) is 11.8 Å². The summed E-state index contributed by atoms with van der Waals surface area (Å²) in [6.07, 6.45) is 1.44. The third-order valence-electron chi connectivity index (χ3n) is 7.35. The number of carbonyl (C=O) groups is 2. The molecule has 2 aromatic carbocycles. The van der Waals surface area contributed by atoms with Crippen LogP contribution in [0.2, 0.25) is 10.0 Å². The molecule has 2 aromatic heterocycles. The monoisotopic (exact) mass is 610 g/mol. The van der Waals surface area contributed by atoms with Crippen molar-refractivity contribution in [3.05, 3.63) is 75.2 Å². The summed E-state index contributed by atoms with van der Waals surface area (Å²) in [5.41, 5.74) is 1.39. The van der Waals surface area contributed by atoms with Gasteiger partial charge in [-0.2, -0.15) is 4.98 Å². The van der Waals surface area contributed by atoms with E-state index < -0.39 is 24.0 Å². The molecular weight excluding hydrogens is 586 g/mol. The van der Waals surface area contributed by atoms with Gasteiger partial charge in [0, 0.05) is 33.5 Å². The number of alkyl halides is 1. The molecule has 1 atom stereocenters. The number of aryl methyl sites for hydroxylation is 1. The zero-order chi connectivity index (χ0) is 29.9. The largest absolute Gasteiger partial charge is 0.480 e. The standard InChI is InChI=1S/C29H25Cl2FN6O4/c1-14(2)37-23-22(35-24(37)18-13-33-28(42-10-9-32)36-25(18)41-4)26(39)38(21-12-17(31)6-5-15(21)3)29(23)19-8-7-16(30)11-20(19)34-27(29)40/h5-8,11-14H,9-10H2,1-4H3,(H,34,40)/t29-/m0/s1. The van der Waals surface area contributed by atoms with E-state index in [0.29, 0.717) is 44.1 Å². The van der Waals surface area contributed by atoms with Crippen LogP contribution >= 0.6 is 23.2 Å². The van der Waals surface area contributed by atoms with Crippen molar-refractivity contribution in [1.29, 1.82) is 0 Å². The first-order valence-corrected chi connectivity index (χ1v) is 13.8. The van der Waals surface area contributed by atoms with Gasteiger partial charge in [-0.25, -0.2) is 14.4 Å². The summed E-state index contributed by atoms with van der Waals surface area (Å²) in [6, 6.07) is 9.89. The summed E-state index contributed by atoms with van der Waals surface area (Å²) in [5.74, 6) is -0.514. The summed E-state index contributed by atoms with van der Waals surface area (Å²) < 4.78 is 25.2. The minimum absolute atomic E-state index is 0.0698. The van der Waals surface area contributed by atoms with Crippen molar-refractivity contribution in [2.45, 2.75) is 32.4 Å². The van der Waals surface area contributed by atoms with Gasteiger partial charge in [0.2, 0.25) is 5.88 Å². The predicted octanol–water partition coefficient (Wildman–Crippen LogP) is 5.75. The highest BCUT2D eigenvalue weighted by molar-refractivity contribution is 6.32. The van der Waals surface area contributed by atoms with Crippen molar-refractivity contribution < 1.29 is 23.5 Å². The number of imidazole rings is 1. The van der Waals surface area contributed by atoms with Gasteiger partial charge in [0.05, 0.1) is 24.1 Å². The van der Waals surface area contributed by atoms with Gasteiger partial charge in [0.15, 0.2) is 11.2 Å². The molecule has 0 radical (unpaired) electrons. The molecule has 0 saturated carbocycles. The molecule has 42 heavy (non-hydrogen) atoms. The number of aromatic nitrogens is 4. The molecule has 216 valence electrons. The minimum atomic E-state index is -1.64. The highest BCUT2D eigenvalue weighted by Crippen LogP contribution is 2.55. The Morgan fingerprint density at radius 3 is 2.55 bits per heavy atom. The first-order chi connectivity index (χ1) is 20.1. The van der Waals surface area contributed by atoms with Crippen molar-refractivity contribution in [2.24, 2.45) is 0 Å². The molecule has 13 heteroatoms. The maximum atomic E-state index is 14.5. The highest BCUT2D eigenvalue weighted by Gasteiger charge is 2.64. The van der Waals surface area contributed by atoms with E-state index in [2.05, 4.69) is 15.3 Å². The Bertz CT molecular complexity index is 1780. The van der Waals surface area contributed by atoms with Gasteiger partial charge in [-0.3, -0.25) is 14.5 Å². The van der Waals surface area contributed by atoms with Crippen molar-refractivity contribution in [1.82, 2.24) is 19.5 Å². The average molecular weight is 611 g/mol. The lowest BCUT2D eigenvalue weighted by Gasteiger charge is -2.36. The van der Waals surface area contributed by atoms with Crippen molar-refractivity contribution in [3.8, 4) is 23.3 Å². The van der Waals surface area contributed by atoms with E-state index in [0.717, 1.165) is 5.56 Å². The van der Waals surface area contributed by atoms with E-state index in [9.17, 15) is 14.0 Å². The van der Waals surface area contributed by atoms with E-state index in [1.807, 2.05) is 25.3 Å². The van der Waals surface area contributed by atoms with Crippen molar-refractivity contribution in [2.75, 3.05) is 30.6 Å². The van der Waals surface area contributed by atoms with Crippen LogP contribution in [-0.2, 0) is 10.3 Å².